The molecule has 76 heavy (non-hydrogen) atoms. The molecule has 0 radical (unpaired) electrons. The van der Waals surface area contributed by atoms with Crippen LogP contribution in [-0.2, 0) is 24.0 Å². The molecule has 2 aliphatic heterocycles. The first-order valence-corrected chi connectivity index (χ1v) is 27.3. The first-order valence-electron chi connectivity index (χ1n) is 22.4. The van der Waals surface area contributed by atoms with Gasteiger partial charge in [-0.05, 0) is 142 Å². The summed E-state index contributed by atoms with van der Waals surface area (Å²) in [6.45, 7) is 10.2. The van der Waals surface area contributed by atoms with Crippen molar-refractivity contribution < 1.29 is 132 Å². The van der Waals surface area contributed by atoms with Gasteiger partial charge in [0.15, 0.2) is 0 Å². The monoisotopic (exact) mass is 1310 g/mol. The Labute approximate surface area is 568 Å². The number of anilines is 2. The van der Waals surface area contributed by atoms with Gasteiger partial charge in [0.25, 0.3) is 16.6 Å². The minimum atomic E-state index is -3.43. The van der Waals surface area contributed by atoms with Crippen molar-refractivity contribution in [3.8, 4) is 18.2 Å². The van der Waals surface area contributed by atoms with Gasteiger partial charge in [0, 0.05) is 83.6 Å². The molecule has 0 bridgehead atoms. The number of hydrogen-bond donors (Lipinski definition) is 1. The number of carbonyl (C=O) groups is 1. The van der Waals surface area contributed by atoms with Crippen LogP contribution in [0.2, 0.25) is 20.1 Å². The zero-order valence-corrected chi connectivity index (χ0v) is 55.6. The molecule has 8 rings (SSSR count). The van der Waals surface area contributed by atoms with Gasteiger partial charge < -0.3 is 26.7 Å². The molecule has 15 nitrogen and oxygen atoms in total. The van der Waals surface area contributed by atoms with E-state index in [0.29, 0.717) is 31.9 Å². The van der Waals surface area contributed by atoms with Gasteiger partial charge in [0.2, 0.25) is 0 Å². The van der Waals surface area contributed by atoms with Crippen molar-refractivity contribution >= 4 is 106 Å². The van der Waals surface area contributed by atoms with E-state index in [9.17, 15) is 13.7 Å². The molecule has 4 heterocycles. The quantitative estimate of drug-likeness (QED) is 0.0579. The van der Waals surface area contributed by atoms with E-state index in [-0.39, 0.29) is 129 Å². The number of carbonyl (C=O) groups excluding carboxylic acids is 1. The van der Waals surface area contributed by atoms with Crippen LogP contribution in [0, 0.1) is 34.0 Å². The molecule has 2 saturated heterocycles. The number of hydrogen-bond acceptors (Lipinski definition) is 15. The number of benzene rings is 4. The Kier molecular flexibility index (Phi) is 33.4. The van der Waals surface area contributed by atoms with Gasteiger partial charge in [-0.15, -0.1) is 0 Å². The van der Waals surface area contributed by atoms with E-state index in [1.807, 2.05) is 72.9 Å². The second-order valence-electron chi connectivity index (χ2n) is 16.1. The van der Waals surface area contributed by atoms with Gasteiger partial charge in [-0.3, -0.25) is 23.8 Å². The van der Waals surface area contributed by atoms with E-state index >= 15 is 0 Å². The number of nitrogens with one attached hydrogen (secondary N) is 1. The van der Waals surface area contributed by atoms with E-state index in [0.717, 1.165) is 76.6 Å². The van der Waals surface area contributed by atoms with Crippen molar-refractivity contribution in [3.63, 3.8) is 0 Å². The maximum Gasteiger partial charge on any atom is 1.00 e. The zero-order chi connectivity index (χ0) is 54.4. The molecular weight excluding hydrogens is 1260 g/mol. The summed E-state index contributed by atoms with van der Waals surface area (Å²) in [5.41, 5.74) is 7.03. The normalized spacial score (nSPS) is 15.5. The van der Waals surface area contributed by atoms with Crippen LogP contribution in [0.4, 0.5) is 11.4 Å². The Bertz CT molecular complexity index is 3010. The number of halogens is 6. The summed E-state index contributed by atoms with van der Waals surface area (Å²) in [5, 5.41) is 40.0. The van der Waals surface area contributed by atoms with Crippen molar-refractivity contribution in [2.75, 3.05) is 55.3 Å². The minimum absolute atomic E-state index is 0. The number of aromatic nitrogens is 2. The molecule has 24 heteroatoms. The van der Waals surface area contributed by atoms with E-state index in [4.69, 9.17) is 71.2 Å². The van der Waals surface area contributed by atoms with Crippen LogP contribution in [0.15, 0.2) is 131 Å². The molecule has 2 fully saturated rings. The summed E-state index contributed by atoms with van der Waals surface area (Å²) < 4.78 is 28.2. The van der Waals surface area contributed by atoms with Gasteiger partial charge in [-0.25, -0.2) is 0 Å². The Morgan fingerprint density at radius 3 is 1.59 bits per heavy atom. The van der Waals surface area contributed by atoms with Gasteiger partial charge in [-0.1, -0.05) is 70.7 Å². The number of pyridine rings is 2. The average molecular weight is 1310 g/mol. The van der Waals surface area contributed by atoms with Crippen LogP contribution >= 0.6 is 78.3 Å². The van der Waals surface area contributed by atoms with E-state index in [1.54, 1.807) is 43.5 Å². The molecule has 1 N–H and O–H groups in total. The van der Waals surface area contributed by atoms with Crippen molar-refractivity contribution in [1.29, 1.82) is 15.8 Å². The predicted octanol–water partition coefficient (Wildman–Crippen LogP) is 5.63. The molecule has 0 spiro atoms. The fourth-order valence-corrected chi connectivity index (χ4v) is 9.69. The van der Waals surface area contributed by atoms with Crippen molar-refractivity contribution in [1.82, 2.24) is 20.2 Å². The fourth-order valence-electron chi connectivity index (χ4n) is 7.77. The van der Waals surface area contributed by atoms with Gasteiger partial charge >= 0.3 is 103 Å². The smallest absolute Gasteiger partial charge is 1.00 e. The summed E-state index contributed by atoms with van der Waals surface area (Å²) in [7, 11) is -3.43. The molecule has 4 unspecified atom stereocenters. The van der Waals surface area contributed by atoms with Gasteiger partial charge in [0.05, 0.1) is 80.5 Å². The first kappa shape index (κ1) is 70.0. The molecule has 4 atom stereocenters. The molecule has 390 valence electrons. The number of nitriles is 3. The SMILES string of the molecule is CC#N.CC(OS(C)(=O)=O)c1ccc(Br)cn1.CC(c1ccc(Br)cn1)N1CCN(c2ccc(C#N)cc2Cl)C(c2ccc(Cl)cc2)C1.N#Cc1ccc(N2CCNCC2c2ccc(Cl)cc2)c(Cl)c1.O=CO[O-].[H-].[K+].[K+]. The summed E-state index contributed by atoms with van der Waals surface area (Å²) >= 11 is 31.8. The molecule has 2 aliphatic rings. The fraction of sp³-hybridized carbons (Fsp3) is 0.269. The van der Waals surface area contributed by atoms with Crippen molar-refractivity contribution in [2.24, 2.45) is 0 Å². The molecule has 6 aromatic rings. The third-order valence-corrected chi connectivity index (χ3v) is 13.9. The Morgan fingerprint density at radius 1 is 0.737 bits per heavy atom. The van der Waals surface area contributed by atoms with Crippen LogP contribution in [0.1, 0.15) is 80.1 Å². The van der Waals surface area contributed by atoms with Crippen LogP contribution in [0.25, 0.3) is 0 Å². The van der Waals surface area contributed by atoms with Crippen LogP contribution in [0.5, 0.6) is 0 Å². The third kappa shape index (κ3) is 22.8. The molecule has 0 amide bonds. The van der Waals surface area contributed by atoms with Crippen molar-refractivity contribution in [3.05, 3.63) is 184 Å². The number of piperazine rings is 2. The van der Waals surface area contributed by atoms with Crippen LogP contribution in [0.3, 0.4) is 0 Å². The van der Waals surface area contributed by atoms with Gasteiger partial charge in [-0.2, -0.15) is 24.2 Å². The maximum absolute atomic E-state index is 10.8. The minimum Gasteiger partial charge on any atom is -1.00 e. The van der Waals surface area contributed by atoms with Crippen LogP contribution < -0.4 is 123 Å². The number of nitrogens with zero attached hydrogens (tertiary/aromatic N) is 8. The largest absolute Gasteiger partial charge is 1.00 e. The zero-order valence-electron chi connectivity index (χ0n) is 43.4. The number of rotatable bonds is 10. The average Bonchev–Trinajstić information content (AvgIpc) is 3.39. The first-order chi connectivity index (χ1) is 35.4. The summed E-state index contributed by atoms with van der Waals surface area (Å²) in [5.74, 6) is 0. The van der Waals surface area contributed by atoms with E-state index in [2.05, 4.69) is 104 Å². The molecule has 0 saturated carbocycles. The molecule has 0 aliphatic carbocycles. The maximum atomic E-state index is 10.8. The predicted molar refractivity (Wildman–Crippen MR) is 296 cm³/mol. The second kappa shape index (κ2) is 36.3. The van der Waals surface area contributed by atoms with E-state index in [1.165, 1.54) is 18.1 Å². The Morgan fingerprint density at radius 2 is 1.18 bits per heavy atom. The molecule has 2 aromatic heterocycles. The summed E-state index contributed by atoms with van der Waals surface area (Å²) in [4.78, 5) is 26.9. The third-order valence-electron chi connectivity index (χ3n) is 11.2. The second-order valence-corrected chi connectivity index (χ2v) is 21.2. The Balaban J connectivity index is 0.000000564. The van der Waals surface area contributed by atoms with Gasteiger partial charge in [0.1, 0.15) is 6.10 Å². The molecular formula is C52H51Br2Cl4K2N9O6S. The standard InChI is InChI=1S/C24H21BrCl2N4.C17H15Cl2N3.C8H10BrNO3S.C2H3N.CH2O3.2K.H/c1-16(22-8-5-19(25)14-29-22)30-10-11-31(23-9-2-17(13-28)12-21(23)27)24(15-30)18-3-6-20(26)7-4-18;18-14-4-2-13(3-5-14)17-11-21-7-8-22(17)16-6-1-12(10-20)9-15(16)19;1-6(13-14(2,11)12)8-4-3-7(9)5-10-8;1-2-3;2-1-4-3;;;/h2-9,12,14,16,24H,10-11,15H2,1H3;1-6,9,17,21H,7-8,11H2;3-6H,1-2H3;1H3;1,3H;;;/q;;;;;2*+1;-1/p-1. The van der Waals surface area contributed by atoms with Crippen LogP contribution in [-0.4, -0.2) is 75.3 Å². The Hall–Kier alpha value is -2.10. The topological polar surface area (TPSA) is 212 Å². The summed E-state index contributed by atoms with van der Waals surface area (Å²) in [6.07, 6.45) is 3.90. The molecule has 4 aromatic carbocycles. The van der Waals surface area contributed by atoms with E-state index < -0.39 is 16.2 Å². The van der Waals surface area contributed by atoms with Crippen molar-refractivity contribution in [2.45, 2.75) is 45.0 Å². The summed E-state index contributed by atoms with van der Waals surface area (Å²) in [6, 6.07) is 40.9.